The molecule has 212 valence electrons. The predicted molar refractivity (Wildman–Crippen MR) is 164 cm³/mol. The maximum atomic E-state index is 6.03. The van der Waals surface area contributed by atoms with Gasteiger partial charge in [0, 0.05) is 24.2 Å². The molecule has 39 heavy (non-hydrogen) atoms. The molecule has 0 spiro atoms. The van der Waals surface area contributed by atoms with Gasteiger partial charge >= 0.3 is 0 Å². The fourth-order valence-corrected chi connectivity index (χ4v) is 5.83. The van der Waals surface area contributed by atoms with Gasteiger partial charge in [-0.15, -0.1) is 12.4 Å². The van der Waals surface area contributed by atoms with Crippen LogP contribution in [0, 0.1) is 0 Å². The molecule has 6 nitrogen and oxygen atoms in total. The van der Waals surface area contributed by atoms with Gasteiger partial charge in [0.2, 0.25) is 0 Å². The third kappa shape index (κ3) is 8.52. The Hall–Kier alpha value is -2.45. The lowest BCUT2D eigenvalue weighted by molar-refractivity contribution is -0.923. The molecule has 0 bridgehead atoms. The highest BCUT2D eigenvalue weighted by molar-refractivity contribution is 8.00. The van der Waals surface area contributed by atoms with Crippen molar-refractivity contribution < 1.29 is 21.6 Å². The second kappa shape index (κ2) is 16.0. The predicted octanol–water partition coefficient (Wildman–Crippen LogP) is 4.48. The number of rotatable bonds is 13. The molecule has 1 atom stereocenters. The second-order valence-corrected chi connectivity index (χ2v) is 10.5. The Balaban J connectivity index is 0.00000267. The molecule has 0 amide bonds. The summed E-state index contributed by atoms with van der Waals surface area (Å²) in [5, 5.41) is 9.16. The van der Waals surface area contributed by atoms with E-state index in [-0.39, 0.29) is 30.3 Å². The lowest BCUT2D eigenvalue weighted by atomic mass is 10.2. The zero-order valence-corrected chi connectivity index (χ0v) is 25.8. The quantitative estimate of drug-likeness (QED) is 0.218. The average molecular weight is 591 g/mol. The number of nitrogens with zero attached hydrogens (tertiary/aromatic N) is 5. The number of quaternary nitrogens is 1. The molecule has 3 aromatic carbocycles. The van der Waals surface area contributed by atoms with Crippen LogP contribution in [0.3, 0.4) is 0 Å². The average Bonchev–Trinajstić information content (AvgIpc) is 3.27. The normalized spacial score (nSPS) is 14.5. The number of para-hydroxylation sites is 2. The van der Waals surface area contributed by atoms with Gasteiger partial charge in [-0.1, -0.05) is 42.1 Å². The fraction of sp³-hybridized carbons (Fsp3) is 0.400. The van der Waals surface area contributed by atoms with Crippen molar-refractivity contribution in [3.8, 4) is 5.75 Å². The van der Waals surface area contributed by atoms with E-state index in [9.17, 15) is 0 Å². The Morgan fingerprint density at radius 1 is 0.897 bits per heavy atom. The van der Waals surface area contributed by atoms with Crippen LogP contribution in [0.1, 0.15) is 20.8 Å². The zero-order chi connectivity index (χ0) is 26.1. The maximum absolute atomic E-state index is 6.03. The largest absolute Gasteiger partial charge is 1.00 e. The third-order valence-electron chi connectivity index (χ3n) is 7.44. The Kier molecular flexibility index (Phi) is 13.4. The number of fused-ring (bicyclic) bond motifs is 1. The summed E-state index contributed by atoms with van der Waals surface area (Å²) in [5.74, 6) is 0.947. The van der Waals surface area contributed by atoms with Crippen LogP contribution in [-0.4, -0.2) is 62.9 Å². The lowest BCUT2D eigenvalue weighted by Crippen LogP contribution is -3.00. The van der Waals surface area contributed by atoms with Crippen LogP contribution in [0.5, 0.6) is 5.75 Å². The number of likely N-dealkylation sites (N-methyl/N-ethyl adjacent to an activating group) is 2. The first-order valence-electron chi connectivity index (χ1n) is 13.3. The summed E-state index contributed by atoms with van der Waals surface area (Å²) < 4.78 is 7.07. The number of halogens is 2. The number of anilines is 2. The molecule has 0 aromatic heterocycles. The van der Waals surface area contributed by atoms with Crippen LogP contribution in [-0.2, 0) is 0 Å². The minimum Gasteiger partial charge on any atom is -1.00 e. The van der Waals surface area contributed by atoms with Crippen molar-refractivity contribution in [1.29, 1.82) is 0 Å². The molecule has 1 aliphatic heterocycles. The van der Waals surface area contributed by atoms with E-state index in [2.05, 4.69) is 96.4 Å². The lowest BCUT2D eigenvalue weighted by Gasteiger charge is -2.38. The molecule has 4 rings (SSSR count). The molecule has 0 saturated carbocycles. The van der Waals surface area contributed by atoms with Crippen LogP contribution >= 0.6 is 24.2 Å². The van der Waals surface area contributed by atoms with Crippen molar-refractivity contribution in [1.82, 2.24) is 0 Å². The van der Waals surface area contributed by atoms with E-state index in [1.54, 1.807) is 11.8 Å². The Labute approximate surface area is 250 Å². The third-order valence-corrected chi connectivity index (χ3v) is 8.66. The van der Waals surface area contributed by atoms with Crippen LogP contribution in [0.4, 0.5) is 17.1 Å². The monoisotopic (exact) mass is 589 g/mol. The van der Waals surface area contributed by atoms with Crippen molar-refractivity contribution in [3.63, 3.8) is 0 Å². The van der Waals surface area contributed by atoms with E-state index in [1.165, 1.54) is 16.3 Å². The van der Waals surface area contributed by atoms with Gasteiger partial charge < -0.3 is 31.4 Å². The number of hydrogen-bond donors (Lipinski definition) is 0. The topological polar surface area (TPSA) is 40.4 Å². The van der Waals surface area contributed by atoms with Crippen molar-refractivity contribution in [2.24, 2.45) is 10.2 Å². The summed E-state index contributed by atoms with van der Waals surface area (Å²) in [5.41, 5.74) is 3.30. The zero-order valence-electron chi connectivity index (χ0n) is 23.4. The summed E-state index contributed by atoms with van der Waals surface area (Å²) in [4.78, 5) is 5.88. The van der Waals surface area contributed by atoms with Gasteiger partial charge in [0.25, 0.3) is 0 Å². The molecule has 1 unspecified atom stereocenters. The molecular formula is C30H41Cl2N5OS. The van der Waals surface area contributed by atoms with E-state index in [1.807, 2.05) is 30.3 Å². The van der Waals surface area contributed by atoms with Crippen LogP contribution < -0.4 is 26.9 Å². The van der Waals surface area contributed by atoms with Crippen LogP contribution in [0.2, 0.25) is 0 Å². The summed E-state index contributed by atoms with van der Waals surface area (Å²) >= 11 is 1.74. The maximum Gasteiger partial charge on any atom is 0.194 e. The van der Waals surface area contributed by atoms with Gasteiger partial charge in [0.1, 0.15) is 18.9 Å². The molecule has 0 radical (unpaired) electrons. The highest BCUT2D eigenvalue weighted by Gasteiger charge is 2.27. The summed E-state index contributed by atoms with van der Waals surface area (Å²) in [6.07, 6.45) is 0. The van der Waals surface area contributed by atoms with Crippen molar-refractivity contribution in [2.75, 3.05) is 62.7 Å². The van der Waals surface area contributed by atoms with Crippen molar-refractivity contribution >= 4 is 41.2 Å². The highest BCUT2D eigenvalue weighted by atomic mass is 35.5. The smallest absolute Gasteiger partial charge is 0.194 e. The molecule has 1 heterocycles. The summed E-state index contributed by atoms with van der Waals surface area (Å²) in [6.45, 7) is 13.8. The van der Waals surface area contributed by atoms with E-state index < -0.39 is 0 Å². The van der Waals surface area contributed by atoms with E-state index >= 15 is 0 Å². The minimum atomic E-state index is -0.0240. The second-order valence-electron chi connectivity index (χ2n) is 9.42. The molecule has 0 N–H and O–H groups in total. The molecule has 0 aliphatic carbocycles. The number of hydrogen-bond acceptors (Lipinski definition) is 6. The molecule has 3 aromatic rings. The van der Waals surface area contributed by atoms with Gasteiger partial charge in [-0.3, -0.25) is 0 Å². The molecule has 0 saturated heterocycles. The van der Waals surface area contributed by atoms with Gasteiger partial charge in [0.05, 0.1) is 37.6 Å². The highest BCUT2D eigenvalue weighted by Crippen LogP contribution is 2.43. The fourth-order valence-electron chi connectivity index (χ4n) is 4.75. The Morgan fingerprint density at radius 3 is 2.21 bits per heavy atom. The molecule has 1 aliphatic rings. The SMILES string of the molecule is CCN(CC[N+](CC)(CC)CCOc1ccccc1)c1ccc(N=NC2Sc3ccccc3N2C)cc1.Cl.[Cl-]. The van der Waals surface area contributed by atoms with Gasteiger partial charge in [-0.05, 0) is 69.3 Å². The minimum absolute atomic E-state index is 0. The first kappa shape index (κ1) is 32.8. The Bertz CT molecular complexity index is 1150. The first-order valence-corrected chi connectivity index (χ1v) is 14.2. The standard InChI is InChI=1S/C30H40N5OS.2ClH/c1-5-34(21-22-35(6-2,7-3)23-24-36-27-13-9-8-10-14-27)26-19-17-25(18-20-26)31-32-30-33(4)28-15-11-12-16-29(28)37-30;;/h8-20,30H,5-7,21-24H2,1-4H3;2*1H/q+1;;/p-1. The molecular weight excluding hydrogens is 549 g/mol. The number of azo groups is 1. The molecule has 0 fully saturated rings. The van der Waals surface area contributed by atoms with E-state index in [0.29, 0.717) is 0 Å². The van der Waals surface area contributed by atoms with Crippen molar-refractivity contribution in [2.45, 2.75) is 31.2 Å². The summed E-state index contributed by atoms with van der Waals surface area (Å²) in [7, 11) is 2.07. The number of thioether (sulfide) groups is 1. The van der Waals surface area contributed by atoms with Gasteiger partial charge in [0.15, 0.2) is 5.50 Å². The van der Waals surface area contributed by atoms with Gasteiger partial charge in [-0.2, -0.15) is 10.2 Å². The van der Waals surface area contributed by atoms with Gasteiger partial charge in [-0.25, -0.2) is 0 Å². The summed E-state index contributed by atoms with van der Waals surface area (Å²) in [6, 6.07) is 27.0. The Morgan fingerprint density at radius 2 is 1.56 bits per heavy atom. The van der Waals surface area contributed by atoms with E-state index in [0.717, 1.165) is 61.8 Å². The van der Waals surface area contributed by atoms with Crippen LogP contribution in [0.25, 0.3) is 0 Å². The van der Waals surface area contributed by atoms with Crippen molar-refractivity contribution in [3.05, 3.63) is 78.9 Å². The number of ether oxygens (including phenoxy) is 1. The van der Waals surface area contributed by atoms with E-state index in [4.69, 9.17) is 4.74 Å². The first-order chi connectivity index (χ1) is 18.1. The molecule has 9 heteroatoms. The number of benzene rings is 3. The van der Waals surface area contributed by atoms with Crippen LogP contribution in [0.15, 0.2) is 94.0 Å².